The van der Waals surface area contributed by atoms with Crippen molar-refractivity contribution in [2.45, 2.75) is 30.4 Å². The van der Waals surface area contributed by atoms with Gasteiger partial charge in [0, 0.05) is 24.0 Å². The van der Waals surface area contributed by atoms with Crippen molar-refractivity contribution in [3.63, 3.8) is 0 Å². The van der Waals surface area contributed by atoms with Gasteiger partial charge in [0.1, 0.15) is 11.6 Å². The predicted molar refractivity (Wildman–Crippen MR) is 121 cm³/mol. The number of nitro groups is 1. The van der Waals surface area contributed by atoms with Gasteiger partial charge in [-0.3, -0.25) is 14.9 Å². The van der Waals surface area contributed by atoms with Gasteiger partial charge < -0.3 is 5.32 Å². The molecular weight excluding hydrogens is 426 g/mol. The van der Waals surface area contributed by atoms with Crippen LogP contribution in [0.5, 0.6) is 0 Å². The molecule has 3 rings (SSSR count). The van der Waals surface area contributed by atoms with Crippen molar-refractivity contribution < 1.29 is 9.72 Å². The first-order valence-corrected chi connectivity index (χ1v) is 10.4. The minimum Gasteiger partial charge on any atom is -0.347 e. The average Bonchev–Trinajstić information content (AvgIpc) is 2.76. The van der Waals surface area contributed by atoms with Crippen LogP contribution in [0.1, 0.15) is 22.5 Å². The zero-order valence-corrected chi connectivity index (χ0v) is 18.2. The predicted octanol–water partition coefficient (Wildman–Crippen LogP) is 4.38. The molecule has 0 bridgehead atoms. The molecule has 1 aromatic heterocycles. The topological polar surface area (TPSA) is 122 Å². The molecule has 0 saturated carbocycles. The van der Waals surface area contributed by atoms with Crippen molar-refractivity contribution in [3.8, 4) is 6.07 Å². The van der Waals surface area contributed by atoms with Gasteiger partial charge in [0.25, 0.3) is 11.6 Å². The number of hydrogen-bond donors (Lipinski definition) is 1. The van der Waals surface area contributed by atoms with Crippen LogP contribution in [0, 0.1) is 35.3 Å². The maximum atomic E-state index is 12.4. The lowest BCUT2D eigenvalue weighted by molar-refractivity contribution is -0.387. The fourth-order valence-corrected chi connectivity index (χ4v) is 3.83. The summed E-state index contributed by atoms with van der Waals surface area (Å²) < 4.78 is 0. The second-order valence-corrected chi connectivity index (χ2v) is 7.87. The van der Waals surface area contributed by atoms with Crippen molar-refractivity contribution in [1.82, 2.24) is 15.3 Å². The van der Waals surface area contributed by atoms with Gasteiger partial charge in [0.2, 0.25) is 0 Å². The maximum Gasteiger partial charge on any atom is 0.283 e. The summed E-state index contributed by atoms with van der Waals surface area (Å²) in [5.41, 5.74) is 2.49. The number of amides is 1. The minimum absolute atomic E-state index is 0.145. The first-order chi connectivity index (χ1) is 15.4. The Labute approximate surface area is 189 Å². The number of aryl methyl sites for hydroxylation is 2. The fourth-order valence-electron chi connectivity index (χ4n) is 2.88. The highest BCUT2D eigenvalue weighted by atomic mass is 32.2. The number of rotatable bonds is 7. The van der Waals surface area contributed by atoms with E-state index in [0.717, 1.165) is 28.7 Å². The summed E-state index contributed by atoms with van der Waals surface area (Å²) in [6.45, 7) is 3.92. The van der Waals surface area contributed by atoms with E-state index in [9.17, 15) is 20.2 Å². The second kappa shape index (κ2) is 10.3. The van der Waals surface area contributed by atoms with Crippen LogP contribution in [0.15, 0.2) is 70.2 Å². The number of aromatic nitrogens is 2. The molecule has 1 heterocycles. The molecule has 0 spiro atoms. The zero-order valence-electron chi connectivity index (χ0n) is 17.4. The van der Waals surface area contributed by atoms with E-state index in [1.54, 1.807) is 12.1 Å². The van der Waals surface area contributed by atoms with Crippen LogP contribution < -0.4 is 5.32 Å². The average molecular weight is 446 g/mol. The number of carbonyl (C=O) groups is 1. The van der Waals surface area contributed by atoms with E-state index >= 15 is 0 Å². The third kappa shape index (κ3) is 6.00. The van der Waals surface area contributed by atoms with E-state index in [1.807, 2.05) is 56.3 Å². The molecular formula is C23H19N5O3S. The lowest BCUT2D eigenvalue weighted by atomic mass is 10.1. The number of nitrogens with zero attached hydrogens (tertiary/aromatic N) is 4. The largest absolute Gasteiger partial charge is 0.347 e. The van der Waals surface area contributed by atoms with E-state index < -0.39 is 10.8 Å². The molecule has 0 unspecified atom stereocenters. The van der Waals surface area contributed by atoms with Gasteiger partial charge in [-0.2, -0.15) is 5.26 Å². The molecule has 1 N–H and O–H groups in total. The molecule has 0 aliphatic carbocycles. The summed E-state index contributed by atoms with van der Waals surface area (Å²) in [6.07, 6.45) is 1.33. The summed E-state index contributed by atoms with van der Waals surface area (Å²) in [7, 11) is 0. The summed E-state index contributed by atoms with van der Waals surface area (Å²) >= 11 is 1.09. The zero-order chi connectivity index (χ0) is 23.1. The summed E-state index contributed by atoms with van der Waals surface area (Å²) in [6, 6.07) is 17.5. The Bertz CT molecular complexity index is 1220. The lowest BCUT2D eigenvalue weighted by Gasteiger charge is -2.06. The van der Waals surface area contributed by atoms with Gasteiger partial charge in [-0.25, -0.2) is 9.97 Å². The Morgan fingerprint density at radius 3 is 2.47 bits per heavy atom. The number of nitro benzene ring substituents is 1. The van der Waals surface area contributed by atoms with Crippen molar-refractivity contribution in [2.24, 2.45) is 0 Å². The maximum absolute atomic E-state index is 12.4. The Balaban J connectivity index is 1.82. The fraction of sp³-hybridized carbons (Fsp3) is 0.130. The highest BCUT2D eigenvalue weighted by molar-refractivity contribution is 7.99. The van der Waals surface area contributed by atoms with Gasteiger partial charge in [-0.1, -0.05) is 36.4 Å². The molecule has 160 valence electrons. The minimum atomic E-state index is -0.555. The Morgan fingerprint density at radius 1 is 1.16 bits per heavy atom. The van der Waals surface area contributed by atoms with Gasteiger partial charge in [-0.05, 0) is 54.9 Å². The summed E-state index contributed by atoms with van der Waals surface area (Å²) in [5, 5.41) is 24.1. The van der Waals surface area contributed by atoms with E-state index in [1.165, 1.54) is 12.1 Å². The molecule has 0 radical (unpaired) electrons. The van der Waals surface area contributed by atoms with E-state index in [2.05, 4.69) is 15.3 Å². The van der Waals surface area contributed by atoms with Crippen LogP contribution in [0.4, 0.5) is 5.69 Å². The quantitative estimate of drug-likeness (QED) is 0.188. The normalized spacial score (nSPS) is 11.0. The van der Waals surface area contributed by atoms with Crippen LogP contribution in [0.3, 0.4) is 0 Å². The molecule has 2 aromatic carbocycles. The van der Waals surface area contributed by atoms with Gasteiger partial charge in [-0.15, -0.1) is 0 Å². The van der Waals surface area contributed by atoms with Crippen molar-refractivity contribution in [2.75, 3.05) is 0 Å². The molecule has 0 aliphatic rings. The molecule has 0 saturated heterocycles. The van der Waals surface area contributed by atoms with Crippen LogP contribution in [-0.4, -0.2) is 20.8 Å². The molecule has 8 nitrogen and oxygen atoms in total. The van der Waals surface area contributed by atoms with Crippen LogP contribution in [0.25, 0.3) is 6.08 Å². The highest BCUT2D eigenvalue weighted by Gasteiger charge is 2.18. The summed E-state index contributed by atoms with van der Waals surface area (Å²) in [5.74, 6) is -0.555. The Kier molecular flexibility index (Phi) is 7.31. The van der Waals surface area contributed by atoms with Gasteiger partial charge >= 0.3 is 0 Å². The van der Waals surface area contributed by atoms with Crippen LogP contribution in [0.2, 0.25) is 0 Å². The number of benzene rings is 2. The number of nitriles is 1. The van der Waals surface area contributed by atoms with Crippen LogP contribution >= 0.6 is 11.8 Å². The third-order valence-electron chi connectivity index (χ3n) is 4.31. The molecule has 9 heteroatoms. The highest BCUT2D eigenvalue weighted by Crippen LogP contribution is 2.34. The molecule has 32 heavy (non-hydrogen) atoms. The van der Waals surface area contributed by atoms with E-state index in [-0.39, 0.29) is 17.8 Å². The van der Waals surface area contributed by atoms with Crippen LogP contribution in [-0.2, 0) is 11.3 Å². The first-order valence-electron chi connectivity index (χ1n) is 9.58. The van der Waals surface area contributed by atoms with E-state index in [4.69, 9.17) is 0 Å². The molecule has 1 amide bonds. The Morgan fingerprint density at radius 2 is 1.84 bits per heavy atom. The molecule has 0 aliphatic heterocycles. The Hall–Kier alpha value is -4.03. The summed E-state index contributed by atoms with van der Waals surface area (Å²) in [4.78, 5) is 32.5. The number of carbonyl (C=O) groups excluding carboxylic acids is 1. The number of hydrogen-bond acceptors (Lipinski definition) is 7. The second-order valence-electron chi connectivity index (χ2n) is 6.86. The van der Waals surface area contributed by atoms with Gasteiger partial charge in [0.05, 0.1) is 9.82 Å². The molecule has 3 aromatic rings. The van der Waals surface area contributed by atoms with Crippen molar-refractivity contribution in [1.29, 1.82) is 5.26 Å². The first kappa shape index (κ1) is 22.7. The molecule has 0 fully saturated rings. The molecule has 0 atom stereocenters. The standard InChI is InChI=1S/C23H19N5O3S/c1-15-10-16(2)27-23(26-15)32-21-9-8-18(12-20(21)28(30)31)11-19(13-24)22(29)25-14-17-6-4-3-5-7-17/h3-12H,14H2,1-2H3,(H,25,29)/b19-11+. The third-order valence-corrected chi connectivity index (χ3v) is 5.24. The lowest BCUT2D eigenvalue weighted by Crippen LogP contribution is -2.23. The van der Waals surface area contributed by atoms with Crippen molar-refractivity contribution in [3.05, 3.63) is 92.8 Å². The van der Waals surface area contributed by atoms with E-state index in [0.29, 0.717) is 15.6 Å². The van der Waals surface area contributed by atoms with Crippen molar-refractivity contribution >= 4 is 29.4 Å². The monoisotopic (exact) mass is 445 g/mol. The number of nitrogens with one attached hydrogen (secondary N) is 1. The smallest absolute Gasteiger partial charge is 0.283 e. The SMILES string of the molecule is Cc1cc(C)nc(Sc2ccc(/C=C(\C#N)C(=O)NCc3ccccc3)cc2[N+](=O)[O-])n1. The van der Waals surface area contributed by atoms with Gasteiger partial charge in [0.15, 0.2) is 5.16 Å².